The minimum atomic E-state index is -0.487. The summed E-state index contributed by atoms with van der Waals surface area (Å²) < 4.78 is 9.11. The van der Waals surface area contributed by atoms with Crippen LogP contribution in [-0.4, -0.2) is 34.0 Å². The summed E-state index contributed by atoms with van der Waals surface area (Å²) >= 11 is 0. The van der Waals surface area contributed by atoms with Crippen molar-refractivity contribution in [3.63, 3.8) is 0 Å². The van der Waals surface area contributed by atoms with Gasteiger partial charge in [-0.3, -0.25) is 4.79 Å². The normalized spacial score (nSPS) is 12.5. The van der Waals surface area contributed by atoms with Crippen molar-refractivity contribution in [2.75, 3.05) is 19.0 Å². The van der Waals surface area contributed by atoms with Crippen LogP contribution in [0.1, 0.15) is 35.5 Å². The fourth-order valence-corrected chi connectivity index (χ4v) is 3.72. The van der Waals surface area contributed by atoms with E-state index in [1.165, 1.54) is 0 Å². The maximum atomic E-state index is 12.8. The Labute approximate surface area is 182 Å². The lowest BCUT2D eigenvalue weighted by atomic mass is 10.1. The molecule has 31 heavy (non-hydrogen) atoms. The monoisotopic (exact) mass is 417 g/mol. The summed E-state index contributed by atoms with van der Waals surface area (Å²) in [5, 5.41) is 16.8. The lowest BCUT2D eigenvalue weighted by molar-refractivity contribution is -0.112. The number of para-hydroxylation sites is 1. The van der Waals surface area contributed by atoms with Crippen LogP contribution in [0.15, 0.2) is 48.2 Å². The minimum absolute atomic E-state index is 0.0216. The number of amides is 1. The first kappa shape index (κ1) is 22.1. The number of aryl methyl sites for hydroxylation is 2. The number of carbonyl (C=O) groups excluding carboxylic acids is 1. The molecule has 160 valence electrons. The van der Waals surface area contributed by atoms with Gasteiger partial charge in [0.2, 0.25) is 0 Å². The van der Waals surface area contributed by atoms with Gasteiger partial charge in [-0.15, -0.1) is 5.10 Å². The van der Waals surface area contributed by atoms with Crippen molar-refractivity contribution in [3.05, 3.63) is 70.7 Å². The highest BCUT2D eigenvalue weighted by atomic mass is 16.5. The van der Waals surface area contributed by atoms with Gasteiger partial charge in [-0.2, -0.15) is 5.26 Å². The molecule has 2 heterocycles. The number of hydrogen-bond donors (Lipinski definition) is 1. The van der Waals surface area contributed by atoms with Gasteiger partial charge in [0.1, 0.15) is 11.6 Å². The van der Waals surface area contributed by atoms with Crippen molar-refractivity contribution in [3.8, 4) is 11.8 Å². The molecule has 1 N–H and O–H groups in total. The van der Waals surface area contributed by atoms with Crippen molar-refractivity contribution in [1.82, 2.24) is 14.3 Å². The number of anilines is 1. The minimum Gasteiger partial charge on any atom is -0.383 e. The molecule has 0 spiro atoms. The van der Waals surface area contributed by atoms with Crippen LogP contribution in [0.2, 0.25) is 0 Å². The van der Waals surface area contributed by atoms with E-state index in [2.05, 4.69) is 21.9 Å². The lowest BCUT2D eigenvalue weighted by Crippen LogP contribution is -2.15. The largest absolute Gasteiger partial charge is 0.383 e. The number of aromatic nitrogens is 3. The molecule has 0 fully saturated rings. The summed E-state index contributed by atoms with van der Waals surface area (Å²) in [5.74, 6) is -0.0622. The third kappa shape index (κ3) is 4.76. The Morgan fingerprint density at radius 2 is 2.00 bits per heavy atom. The molecule has 0 radical (unpaired) electrons. The van der Waals surface area contributed by atoms with Gasteiger partial charge in [0.05, 0.1) is 18.3 Å². The Morgan fingerprint density at radius 3 is 2.65 bits per heavy atom. The van der Waals surface area contributed by atoms with Gasteiger partial charge in [0.25, 0.3) is 5.91 Å². The maximum Gasteiger partial charge on any atom is 0.267 e. The van der Waals surface area contributed by atoms with Gasteiger partial charge >= 0.3 is 0 Å². The Bertz CT molecular complexity index is 1150. The van der Waals surface area contributed by atoms with E-state index in [4.69, 9.17) is 4.74 Å². The van der Waals surface area contributed by atoms with Gasteiger partial charge in [-0.05, 0) is 57.5 Å². The molecule has 2 aromatic heterocycles. The van der Waals surface area contributed by atoms with Gasteiger partial charge in [-0.1, -0.05) is 18.2 Å². The average Bonchev–Trinajstić information content (AvgIpc) is 3.25. The molecule has 1 unspecified atom stereocenters. The van der Waals surface area contributed by atoms with Crippen molar-refractivity contribution < 1.29 is 9.53 Å². The molecule has 1 amide bonds. The summed E-state index contributed by atoms with van der Waals surface area (Å²) in [4.78, 5) is 12.8. The Kier molecular flexibility index (Phi) is 6.73. The van der Waals surface area contributed by atoms with Gasteiger partial charge in [-0.25, -0.2) is 4.68 Å². The maximum absolute atomic E-state index is 12.8. The highest BCUT2D eigenvalue weighted by Crippen LogP contribution is 2.23. The van der Waals surface area contributed by atoms with Crippen LogP contribution >= 0.6 is 0 Å². The quantitative estimate of drug-likeness (QED) is 0.457. The van der Waals surface area contributed by atoms with Gasteiger partial charge < -0.3 is 14.6 Å². The number of rotatable bonds is 7. The van der Waals surface area contributed by atoms with Gasteiger partial charge in [0.15, 0.2) is 5.82 Å². The molecule has 0 bridgehead atoms. The summed E-state index contributed by atoms with van der Waals surface area (Å²) in [6.07, 6.45) is 3.46. The molecular weight excluding hydrogens is 390 g/mol. The topological polar surface area (TPSA) is 84.9 Å². The highest BCUT2D eigenvalue weighted by Gasteiger charge is 2.17. The summed E-state index contributed by atoms with van der Waals surface area (Å²) in [6.45, 7) is 8.49. The number of carbonyl (C=O) groups is 1. The first-order chi connectivity index (χ1) is 14.8. The van der Waals surface area contributed by atoms with E-state index in [0.717, 1.165) is 28.2 Å². The first-order valence-electron chi connectivity index (χ1n) is 10.1. The van der Waals surface area contributed by atoms with Crippen LogP contribution in [0, 0.1) is 32.1 Å². The zero-order valence-corrected chi connectivity index (χ0v) is 18.5. The van der Waals surface area contributed by atoms with Crippen LogP contribution < -0.4 is 5.32 Å². The third-order valence-electron chi connectivity index (χ3n) is 5.19. The second-order valence-corrected chi connectivity index (χ2v) is 7.57. The smallest absolute Gasteiger partial charge is 0.267 e. The van der Waals surface area contributed by atoms with Crippen LogP contribution in [-0.2, 0) is 9.53 Å². The molecule has 1 atom stereocenters. The average molecular weight is 418 g/mol. The summed E-state index contributed by atoms with van der Waals surface area (Å²) in [6, 6.07) is 13.8. The predicted octanol–water partition coefficient (Wildman–Crippen LogP) is 4.35. The fourth-order valence-electron chi connectivity index (χ4n) is 3.72. The van der Waals surface area contributed by atoms with Crippen molar-refractivity contribution >= 4 is 17.8 Å². The molecule has 0 saturated heterocycles. The second kappa shape index (κ2) is 9.45. The van der Waals surface area contributed by atoms with Crippen LogP contribution in [0.4, 0.5) is 5.82 Å². The molecule has 1 aromatic carbocycles. The fraction of sp³-hybridized carbons (Fsp3) is 0.292. The molecule has 7 heteroatoms. The lowest BCUT2D eigenvalue weighted by Gasteiger charge is -2.17. The number of nitriles is 1. The highest BCUT2D eigenvalue weighted by molar-refractivity contribution is 6.09. The van der Waals surface area contributed by atoms with Crippen molar-refractivity contribution in [2.45, 2.75) is 33.7 Å². The molecule has 0 aliphatic carbocycles. The number of hydrogen-bond acceptors (Lipinski definition) is 4. The second-order valence-electron chi connectivity index (χ2n) is 7.57. The molecule has 7 nitrogen and oxygen atoms in total. The Hall–Kier alpha value is -3.63. The van der Waals surface area contributed by atoms with Crippen LogP contribution in [0.25, 0.3) is 11.8 Å². The van der Waals surface area contributed by atoms with Crippen LogP contribution in [0.3, 0.4) is 0 Å². The van der Waals surface area contributed by atoms with E-state index in [-0.39, 0.29) is 11.6 Å². The van der Waals surface area contributed by atoms with E-state index in [1.807, 2.05) is 69.4 Å². The van der Waals surface area contributed by atoms with E-state index in [9.17, 15) is 10.1 Å². The molecule has 0 aliphatic rings. The van der Waals surface area contributed by atoms with E-state index < -0.39 is 5.91 Å². The van der Waals surface area contributed by atoms with E-state index in [1.54, 1.807) is 17.9 Å². The molecule has 3 rings (SSSR count). The first-order valence-corrected chi connectivity index (χ1v) is 10.1. The number of nitrogens with zero attached hydrogens (tertiary/aromatic N) is 4. The zero-order chi connectivity index (χ0) is 22.5. The number of ether oxygens (including phenoxy) is 1. The zero-order valence-electron chi connectivity index (χ0n) is 18.5. The predicted molar refractivity (Wildman–Crippen MR) is 121 cm³/mol. The number of methoxy groups -OCH3 is 1. The SMILES string of the molecule is COCC(C)n1c(C)cc(/C=C(/C#N)C(=O)Nc2nn(-c3ccccc3)cc2C)c1C. The van der Waals surface area contributed by atoms with Crippen molar-refractivity contribution in [2.24, 2.45) is 0 Å². The number of nitrogens with one attached hydrogen (secondary N) is 1. The van der Waals surface area contributed by atoms with E-state index in [0.29, 0.717) is 12.4 Å². The Balaban J connectivity index is 1.85. The number of benzene rings is 1. The van der Waals surface area contributed by atoms with Gasteiger partial charge in [0, 0.05) is 30.3 Å². The third-order valence-corrected chi connectivity index (χ3v) is 5.19. The van der Waals surface area contributed by atoms with E-state index >= 15 is 0 Å². The van der Waals surface area contributed by atoms with Crippen LogP contribution in [0.5, 0.6) is 0 Å². The molecular formula is C24H27N5O2. The summed E-state index contributed by atoms with van der Waals surface area (Å²) in [7, 11) is 1.67. The molecule has 0 saturated carbocycles. The standard InChI is InChI=1S/C24H27N5O2/c1-16-14-28(22-9-7-6-8-10-22)27-23(16)26-24(30)21(13-25)12-20-11-17(2)29(19(20)4)18(3)15-31-5/h6-12,14,18H,15H2,1-5H3,(H,26,27,30)/b21-12-. The van der Waals surface area contributed by atoms with Crippen molar-refractivity contribution in [1.29, 1.82) is 5.26 Å². The Morgan fingerprint density at radius 1 is 1.29 bits per heavy atom. The molecule has 3 aromatic rings. The molecule has 0 aliphatic heterocycles. The summed E-state index contributed by atoms with van der Waals surface area (Å²) in [5.41, 5.74) is 4.57.